The van der Waals surface area contributed by atoms with Crippen LogP contribution < -0.4 is 10.1 Å². The van der Waals surface area contributed by atoms with Gasteiger partial charge in [0.1, 0.15) is 12.4 Å². The van der Waals surface area contributed by atoms with Crippen molar-refractivity contribution >= 4 is 34.1 Å². The molecule has 1 N–H and O–H groups in total. The van der Waals surface area contributed by atoms with Crippen molar-refractivity contribution in [2.75, 3.05) is 5.32 Å². The van der Waals surface area contributed by atoms with E-state index in [1.165, 1.54) is 28.7 Å². The smallest absolute Gasteiger partial charge is 0.239 e. The average Bonchev–Trinajstić information content (AvgIpc) is 3.20. The molecule has 0 aliphatic rings. The quantitative estimate of drug-likeness (QED) is 0.587. The zero-order valence-electron chi connectivity index (χ0n) is 16.5. The number of amides is 1. The van der Waals surface area contributed by atoms with Crippen molar-refractivity contribution in [1.29, 1.82) is 0 Å². The molecule has 0 saturated carbocycles. The molecular formula is C19H23N5O2S2. The van der Waals surface area contributed by atoms with Crippen molar-refractivity contribution in [2.24, 2.45) is 7.05 Å². The van der Waals surface area contributed by atoms with Gasteiger partial charge < -0.3 is 14.6 Å². The van der Waals surface area contributed by atoms with Gasteiger partial charge >= 0.3 is 0 Å². The summed E-state index contributed by atoms with van der Waals surface area (Å²) in [5, 5.41) is 14.1. The number of carbonyl (C=O) groups is 1. The zero-order valence-corrected chi connectivity index (χ0v) is 18.1. The second-order valence-electron chi connectivity index (χ2n) is 6.56. The molecule has 148 valence electrons. The van der Waals surface area contributed by atoms with Crippen molar-refractivity contribution < 1.29 is 9.53 Å². The van der Waals surface area contributed by atoms with Crippen molar-refractivity contribution in [1.82, 2.24) is 19.7 Å². The summed E-state index contributed by atoms with van der Waals surface area (Å²) in [5.41, 5.74) is 3.17. The maximum Gasteiger partial charge on any atom is 0.239 e. The molecule has 3 aromatic rings. The third kappa shape index (κ3) is 4.90. The minimum Gasteiger partial charge on any atom is -0.485 e. The number of anilines is 1. The molecule has 0 aliphatic heterocycles. The summed E-state index contributed by atoms with van der Waals surface area (Å²) in [6.45, 7) is 8.11. The second-order valence-corrected chi connectivity index (χ2v) is 8.72. The number of thioether (sulfide) groups is 1. The van der Waals surface area contributed by atoms with Crippen molar-refractivity contribution in [2.45, 2.75) is 44.7 Å². The Labute approximate surface area is 172 Å². The van der Waals surface area contributed by atoms with Gasteiger partial charge in [-0.25, -0.2) is 4.98 Å². The lowest BCUT2D eigenvalue weighted by molar-refractivity contribution is -0.115. The van der Waals surface area contributed by atoms with Crippen LogP contribution in [0.25, 0.3) is 0 Å². The van der Waals surface area contributed by atoms with Gasteiger partial charge in [0.25, 0.3) is 0 Å². The largest absolute Gasteiger partial charge is 0.485 e. The normalized spacial score (nSPS) is 12.0. The van der Waals surface area contributed by atoms with E-state index in [4.69, 9.17) is 4.74 Å². The first-order valence-corrected chi connectivity index (χ1v) is 10.6. The first kappa shape index (κ1) is 20.3. The van der Waals surface area contributed by atoms with Crippen molar-refractivity contribution in [3.05, 3.63) is 46.2 Å². The van der Waals surface area contributed by atoms with Gasteiger partial charge in [-0.15, -0.1) is 21.5 Å². The number of benzene rings is 1. The number of hydrogen-bond acceptors (Lipinski definition) is 7. The van der Waals surface area contributed by atoms with E-state index in [1.807, 2.05) is 49.9 Å². The van der Waals surface area contributed by atoms with Crippen LogP contribution in [0.5, 0.6) is 5.75 Å². The van der Waals surface area contributed by atoms with Crippen LogP contribution in [0.15, 0.2) is 28.7 Å². The molecule has 1 unspecified atom stereocenters. The summed E-state index contributed by atoms with van der Waals surface area (Å²) in [6.07, 6.45) is 0. The lowest BCUT2D eigenvalue weighted by Crippen LogP contribution is -2.22. The highest BCUT2D eigenvalue weighted by molar-refractivity contribution is 8.00. The molecule has 0 aliphatic carbocycles. The monoisotopic (exact) mass is 417 g/mol. The maximum atomic E-state index is 12.4. The maximum absolute atomic E-state index is 12.4. The minimum atomic E-state index is -0.333. The van der Waals surface area contributed by atoms with E-state index in [1.54, 1.807) is 0 Å². The van der Waals surface area contributed by atoms with Crippen molar-refractivity contribution in [3.63, 3.8) is 0 Å². The summed E-state index contributed by atoms with van der Waals surface area (Å²) in [5.74, 6) is 1.41. The van der Waals surface area contributed by atoms with Crippen LogP contribution in [0, 0.1) is 20.8 Å². The van der Waals surface area contributed by atoms with E-state index < -0.39 is 0 Å². The Kier molecular flexibility index (Phi) is 6.35. The zero-order chi connectivity index (χ0) is 20.3. The molecule has 2 aromatic heterocycles. The van der Waals surface area contributed by atoms with Gasteiger partial charge in [0, 0.05) is 12.4 Å². The SMILES string of the molecule is Cc1ccc(OCc2nnc(SC(C)C(=O)Nc3nc(C)cs3)n2C)c(C)c1. The Morgan fingerprint density at radius 1 is 1.32 bits per heavy atom. The third-order valence-corrected chi connectivity index (χ3v) is 6.12. The summed E-state index contributed by atoms with van der Waals surface area (Å²) in [6, 6.07) is 6.06. The molecule has 0 fully saturated rings. The molecule has 2 heterocycles. The number of ether oxygens (including phenoxy) is 1. The number of nitrogens with one attached hydrogen (secondary N) is 1. The van der Waals surface area contributed by atoms with Crippen LogP contribution in [0.4, 0.5) is 5.13 Å². The van der Waals surface area contributed by atoms with Crippen LogP contribution in [-0.4, -0.2) is 30.9 Å². The van der Waals surface area contributed by atoms with E-state index in [-0.39, 0.29) is 11.2 Å². The molecule has 3 rings (SSSR count). The Balaban J connectivity index is 1.59. The Morgan fingerprint density at radius 3 is 2.79 bits per heavy atom. The number of hydrogen-bond donors (Lipinski definition) is 1. The fraction of sp³-hybridized carbons (Fsp3) is 0.368. The highest BCUT2D eigenvalue weighted by Gasteiger charge is 2.20. The van der Waals surface area contributed by atoms with Gasteiger partial charge in [-0.05, 0) is 39.3 Å². The van der Waals surface area contributed by atoms with E-state index in [2.05, 4.69) is 33.5 Å². The Bertz CT molecular complexity index is 983. The number of aromatic nitrogens is 4. The van der Waals surface area contributed by atoms with Gasteiger partial charge in [0.2, 0.25) is 5.91 Å². The number of carbonyl (C=O) groups excluding carboxylic acids is 1. The highest BCUT2D eigenvalue weighted by Crippen LogP contribution is 2.24. The summed E-state index contributed by atoms with van der Waals surface area (Å²) >= 11 is 2.76. The average molecular weight is 418 g/mol. The van der Waals surface area contributed by atoms with Crippen LogP contribution >= 0.6 is 23.1 Å². The summed E-state index contributed by atoms with van der Waals surface area (Å²) in [4.78, 5) is 16.6. The lowest BCUT2D eigenvalue weighted by Gasteiger charge is -2.11. The Morgan fingerprint density at radius 2 is 2.11 bits per heavy atom. The van der Waals surface area contributed by atoms with Gasteiger partial charge in [-0.1, -0.05) is 29.5 Å². The molecule has 1 atom stereocenters. The van der Waals surface area contributed by atoms with Gasteiger partial charge in [0.05, 0.1) is 10.9 Å². The molecule has 1 amide bonds. The molecule has 0 radical (unpaired) electrons. The predicted octanol–water partition coefficient (Wildman–Crippen LogP) is 3.90. The van der Waals surface area contributed by atoms with Crippen LogP contribution in [0.1, 0.15) is 29.6 Å². The number of aryl methyl sites for hydroxylation is 3. The number of thiazole rings is 1. The molecule has 28 heavy (non-hydrogen) atoms. The van der Waals surface area contributed by atoms with Crippen molar-refractivity contribution in [3.8, 4) is 5.75 Å². The highest BCUT2D eigenvalue weighted by atomic mass is 32.2. The van der Waals surface area contributed by atoms with E-state index in [9.17, 15) is 4.79 Å². The third-order valence-electron chi connectivity index (χ3n) is 4.11. The molecule has 9 heteroatoms. The van der Waals surface area contributed by atoms with Gasteiger partial charge in [-0.2, -0.15) is 0 Å². The Hall–Kier alpha value is -2.39. The second kappa shape index (κ2) is 8.74. The molecule has 0 saturated heterocycles. The van der Waals surface area contributed by atoms with Crippen LogP contribution in [0.3, 0.4) is 0 Å². The summed E-state index contributed by atoms with van der Waals surface area (Å²) < 4.78 is 7.74. The van der Waals surface area contributed by atoms with Crippen LogP contribution in [-0.2, 0) is 18.4 Å². The lowest BCUT2D eigenvalue weighted by atomic mass is 10.1. The molecular weight excluding hydrogens is 394 g/mol. The van der Waals surface area contributed by atoms with Gasteiger partial charge in [-0.3, -0.25) is 4.79 Å². The topological polar surface area (TPSA) is 81.9 Å². The first-order chi connectivity index (χ1) is 13.3. The number of rotatable bonds is 7. The van der Waals surface area contributed by atoms with E-state index in [0.717, 1.165) is 17.0 Å². The van der Waals surface area contributed by atoms with Crippen LogP contribution in [0.2, 0.25) is 0 Å². The fourth-order valence-corrected chi connectivity index (χ4v) is 4.03. The minimum absolute atomic E-state index is 0.115. The predicted molar refractivity (Wildman–Crippen MR) is 112 cm³/mol. The fourth-order valence-electron chi connectivity index (χ4n) is 2.51. The van der Waals surface area contributed by atoms with Gasteiger partial charge in [0.15, 0.2) is 16.1 Å². The van der Waals surface area contributed by atoms with E-state index in [0.29, 0.717) is 22.7 Å². The number of nitrogens with zero attached hydrogens (tertiary/aromatic N) is 4. The summed E-state index contributed by atoms with van der Waals surface area (Å²) in [7, 11) is 1.87. The first-order valence-electron chi connectivity index (χ1n) is 8.81. The molecule has 0 bridgehead atoms. The molecule has 7 nitrogen and oxygen atoms in total. The molecule has 0 spiro atoms. The molecule has 1 aromatic carbocycles. The van der Waals surface area contributed by atoms with E-state index >= 15 is 0 Å². The standard InChI is InChI=1S/C19H23N5O2S2/c1-11-6-7-15(12(2)8-11)26-9-16-22-23-19(24(16)5)28-14(4)17(25)21-18-20-13(3)10-27-18/h6-8,10,14H,9H2,1-5H3,(H,20,21,25).